The van der Waals surface area contributed by atoms with Crippen LogP contribution in [0, 0.1) is 66.1 Å². The summed E-state index contributed by atoms with van der Waals surface area (Å²) in [5.74, 6) is -7.09. The van der Waals surface area contributed by atoms with E-state index in [1.807, 2.05) is 80.5 Å². The predicted octanol–water partition coefficient (Wildman–Crippen LogP) is 2.81. The van der Waals surface area contributed by atoms with Gasteiger partial charge in [0.15, 0.2) is 23.9 Å². The number of phosphoric ester groups is 1. The summed E-state index contributed by atoms with van der Waals surface area (Å²) < 4.78 is 39.2. The van der Waals surface area contributed by atoms with E-state index in [4.69, 9.17) is 79.0 Å². The van der Waals surface area contributed by atoms with Gasteiger partial charge in [0.05, 0.1) is 53.7 Å². The number of amides is 7. The molecule has 3 fully saturated rings. The number of allylic oxidation sites excluding steroid dienone is 6. The Bertz CT molecular complexity index is 4520. The van der Waals surface area contributed by atoms with Crippen molar-refractivity contribution in [2.75, 3.05) is 18.9 Å². The fraction of sp³-hybridized carbons (Fsp3) is 0.597. The molecule has 0 radical (unpaired) electrons. The van der Waals surface area contributed by atoms with Crippen LogP contribution in [0.1, 0.15) is 157 Å². The summed E-state index contributed by atoms with van der Waals surface area (Å²) in [6, 6.07) is 2.68. The standard InChI is InChI=1S/C62H90N13O14P.C10H12N5O3.Co/c1-29-20-39-40(21-30(29)2)75(28-70-39)57-52(84)53(41(27-76)87-57)89-90(85,86)88-31(3)26-69-49(83)18-19-59(8)37(22-46(66)80)56-62(11)61(10,25-48(68)82)36(14-17-45(65)79)51(74-62)33(5)55-60(9,24-47(67)81)34(12-15-43(63)77)38(71-55)23-42-58(6,7)35(13-16-44(64)78)50(72-42)32(4)54(59)73-56;1-4-6(16)7(17)10(18-4)15-3-14-5-8(11)12-2-13-9(5)15;/h20-21,23,28,31,34-37,41,52-53,56-57,76,84H,12-19,22,24-27H2,1-11H3,(H15,63,64,65,66,67,68,69,71,72,73,74,77,78,79,80,81,82,83,85,86);2-4,6-7,10,16-17H,1H2,(H2,11,12,13);/q;-1;+3/p-1/t31-,34+,35+,36+,37-,41+,52+,53?,56+,57-,59+,60-,61-,62-;4-,6-,7-,10-;/m01./s1. The van der Waals surface area contributed by atoms with Gasteiger partial charge in [0.25, 0.3) is 0 Å². The number of carbonyl (C=O) groups excluding carboxylic acids is 7. The summed E-state index contributed by atoms with van der Waals surface area (Å²) in [6.45, 7) is 22.7. The van der Waals surface area contributed by atoms with Crippen LogP contribution < -0.4 is 45.5 Å². The monoisotopic (exact) mass is 1580 g/mol. The number of nitrogens with two attached hydrogens (primary N) is 7. The number of aryl methyl sites for hydroxylation is 2. The van der Waals surface area contributed by atoms with Gasteiger partial charge < -0.3 is 97.1 Å². The number of nitrogens with one attached hydrogen (secondary N) is 1. The van der Waals surface area contributed by atoms with Crippen molar-refractivity contribution < 1.29 is 98.7 Å². The van der Waals surface area contributed by atoms with Gasteiger partial charge in [-0.3, -0.25) is 62.2 Å². The average molecular weight is 1580 g/mol. The number of imidazole rings is 2. The number of nitrogen functional groups attached to an aromatic ring is 1. The maximum Gasteiger partial charge on any atom is 3.00 e. The molecule has 594 valence electrons. The van der Waals surface area contributed by atoms with E-state index in [1.165, 1.54) is 30.5 Å². The zero-order chi connectivity index (χ0) is 79.6. The van der Waals surface area contributed by atoms with Crippen molar-refractivity contribution in [1.82, 2.24) is 34.4 Å². The molecule has 19 atom stereocenters. The topological polar surface area (TPSA) is 581 Å². The molecule has 10 heterocycles. The van der Waals surface area contributed by atoms with Gasteiger partial charge in [0.1, 0.15) is 36.3 Å². The molecule has 7 aliphatic rings. The van der Waals surface area contributed by atoms with Gasteiger partial charge in [-0.05, 0) is 125 Å². The fourth-order valence-corrected chi connectivity index (χ4v) is 18.5. The van der Waals surface area contributed by atoms with Crippen molar-refractivity contribution in [2.45, 2.75) is 214 Å². The second kappa shape index (κ2) is 32.2. The van der Waals surface area contributed by atoms with E-state index in [-0.39, 0.29) is 99.8 Å². The van der Waals surface area contributed by atoms with Crippen LogP contribution in [0.15, 0.2) is 80.4 Å². The second-order valence-corrected chi connectivity index (χ2v) is 32.5. The number of aliphatic hydroxyl groups is 4. The Labute approximate surface area is 640 Å². The zero-order valence-corrected chi connectivity index (χ0v) is 64.8. The summed E-state index contributed by atoms with van der Waals surface area (Å²) in [5, 5.41) is 49.7. The van der Waals surface area contributed by atoms with Crippen molar-refractivity contribution in [2.24, 2.45) is 94.7 Å². The van der Waals surface area contributed by atoms with Gasteiger partial charge in [-0.25, -0.2) is 24.5 Å². The first-order valence-electron chi connectivity index (χ1n) is 35.9. The quantitative estimate of drug-likeness (QED) is 0.0301. The van der Waals surface area contributed by atoms with E-state index < -0.39 is 168 Å². The van der Waals surface area contributed by atoms with Gasteiger partial charge in [-0.2, -0.15) is 5.70 Å². The molecule has 7 amide bonds. The van der Waals surface area contributed by atoms with Crippen molar-refractivity contribution >= 4 is 94.3 Å². The number of rotatable bonds is 27. The number of ether oxygens (including phenoxy) is 2. The first-order chi connectivity index (χ1) is 50.4. The average Bonchev–Trinajstić information content (AvgIpc) is 1.53. The number of primary amides is 6. The number of phosphoric acid groups is 1. The van der Waals surface area contributed by atoms with Crippen LogP contribution in [0.4, 0.5) is 5.82 Å². The zero-order valence-electron chi connectivity index (χ0n) is 62.9. The number of hydrogen-bond acceptors (Lipinski definition) is 24. The maximum absolute atomic E-state index is 14.4. The number of carbonyl (C=O) groups is 7. The molecule has 109 heavy (non-hydrogen) atoms. The van der Waals surface area contributed by atoms with Gasteiger partial charge in [-0.15, -0.1) is 0 Å². The fourth-order valence-electron chi connectivity index (χ4n) is 17.4. The normalized spacial score (nSPS) is 33.6. The summed E-state index contributed by atoms with van der Waals surface area (Å²) in [4.78, 5) is 137. The Morgan fingerprint density at radius 1 is 0.725 bits per heavy atom. The van der Waals surface area contributed by atoms with Crippen molar-refractivity contribution in [3.05, 3.63) is 88.8 Å². The minimum absolute atomic E-state index is 0. The summed E-state index contributed by atoms with van der Waals surface area (Å²) >= 11 is 0. The number of fused-ring (bicyclic) bond motifs is 8. The summed E-state index contributed by atoms with van der Waals surface area (Å²) in [7, 11) is -5.07. The van der Waals surface area contributed by atoms with E-state index in [0.717, 1.165) is 11.1 Å². The van der Waals surface area contributed by atoms with Crippen LogP contribution >= 0.6 is 7.82 Å². The maximum atomic E-state index is 14.4. The minimum atomic E-state index is -5.07. The van der Waals surface area contributed by atoms with Crippen LogP contribution in [-0.2, 0) is 73.4 Å². The molecule has 3 saturated heterocycles. The Kier molecular flexibility index (Phi) is 25.0. The Hall–Kier alpha value is -8.26. The first kappa shape index (κ1) is 84.8. The number of aliphatic imine (C=N–C) groups is 3. The van der Waals surface area contributed by atoms with E-state index in [9.17, 15) is 63.4 Å². The Balaban J connectivity index is 0.000000623. The first-order valence-corrected chi connectivity index (χ1v) is 37.4. The molecular formula is C72H101CoN18O17P+. The van der Waals surface area contributed by atoms with Gasteiger partial charge in [0, 0.05) is 108 Å². The third-order valence-corrected chi connectivity index (χ3v) is 24.6. The molecular weight excluding hydrogens is 1480 g/mol. The largest absolute Gasteiger partial charge is 3.00 e. The van der Waals surface area contributed by atoms with Crippen LogP contribution in [0.3, 0.4) is 0 Å². The number of aromatic nitrogens is 6. The third-order valence-electron chi connectivity index (χ3n) is 23.5. The molecule has 37 heteroatoms. The molecule has 7 aliphatic heterocycles. The number of anilines is 1. The van der Waals surface area contributed by atoms with Crippen molar-refractivity contribution in [1.29, 1.82) is 0 Å². The van der Waals surface area contributed by atoms with E-state index in [1.54, 1.807) is 11.5 Å². The number of hydrogen-bond donors (Lipinski definition) is 13. The van der Waals surface area contributed by atoms with Crippen molar-refractivity contribution in [3.8, 4) is 0 Å². The van der Waals surface area contributed by atoms with Crippen LogP contribution in [0.2, 0.25) is 0 Å². The molecule has 20 N–H and O–H groups in total. The molecule has 8 bridgehead atoms. The van der Waals surface area contributed by atoms with Gasteiger partial charge in [-0.1, -0.05) is 40.7 Å². The SMILES string of the molecule is C/C1=C2/[N-][C@H]([C@H](CC(N)=O)[C@@]2(C)CCC(=O)NC[C@H](C)OP(=O)(O)OC2[C@@H](O)[C@@H](n3cnc4cc(C)c(C)cc43)O[C@@H]2CO)[C@]2(C)N=C(/C(C)=C3N=C(/C=C4N=C1[C@@H](CCC(N)=O)C\4(C)C)[C@@H](CCC(N)=O)[C@]\3(C)CC(N)=O)[C@@H](CCC(N)=O)[C@]2(C)CC(N)=O.[CH2-][C@H]1O[C@@H](n2cnc3c(N)ncnc32)[C@H](O)[C@@H]1O.[Co+3]. The smallest absolute Gasteiger partial charge is 0.682 e. The molecule has 0 aliphatic carbocycles. The van der Waals surface area contributed by atoms with Crippen LogP contribution in [0.25, 0.3) is 27.5 Å². The van der Waals surface area contributed by atoms with Gasteiger partial charge in [0.2, 0.25) is 41.4 Å². The molecule has 0 saturated carbocycles. The number of benzene rings is 1. The molecule has 3 aromatic heterocycles. The predicted molar refractivity (Wildman–Crippen MR) is 395 cm³/mol. The van der Waals surface area contributed by atoms with E-state index >= 15 is 0 Å². The Morgan fingerprint density at radius 3 is 1.93 bits per heavy atom. The van der Waals surface area contributed by atoms with E-state index in [0.29, 0.717) is 67.6 Å². The van der Waals surface area contributed by atoms with E-state index in [2.05, 4.69) is 32.2 Å². The van der Waals surface area contributed by atoms with Crippen molar-refractivity contribution in [3.63, 3.8) is 0 Å². The van der Waals surface area contributed by atoms with Crippen LogP contribution in [-0.4, -0.2) is 180 Å². The summed E-state index contributed by atoms with van der Waals surface area (Å²) in [5.41, 5.74) is 43.3. The molecule has 4 aromatic rings. The minimum Gasteiger partial charge on any atom is -0.682 e. The second-order valence-electron chi connectivity index (χ2n) is 31.1. The molecule has 35 nitrogen and oxygen atoms in total. The number of nitrogens with zero attached hydrogens (tertiary/aromatic N) is 10. The molecule has 1 aromatic carbocycles. The molecule has 0 spiro atoms. The molecule has 2 unspecified atom stereocenters. The summed E-state index contributed by atoms with van der Waals surface area (Å²) in [6.07, 6.45) is -5.38. The van der Waals surface area contributed by atoms with Crippen LogP contribution in [0.5, 0.6) is 0 Å². The third kappa shape index (κ3) is 16.3. The number of aliphatic hydroxyl groups excluding tert-OH is 4. The van der Waals surface area contributed by atoms with Gasteiger partial charge >= 0.3 is 24.6 Å². The Morgan fingerprint density at radius 2 is 1.33 bits per heavy atom. The molecule has 11 rings (SSSR count).